The monoisotopic (exact) mass is 277 g/mol. The first-order chi connectivity index (χ1) is 9.61. The molecule has 1 heterocycles. The molecule has 1 atom stereocenters. The topological polar surface area (TPSA) is 25.2 Å². The number of aryl methyl sites for hydroxylation is 1. The molecule has 2 aromatic rings. The molecule has 1 unspecified atom stereocenters. The highest BCUT2D eigenvalue weighted by atomic mass is 19.1. The van der Waals surface area contributed by atoms with Crippen molar-refractivity contribution in [2.24, 2.45) is 0 Å². The molecule has 1 aromatic heterocycles. The van der Waals surface area contributed by atoms with Gasteiger partial charge >= 0.3 is 0 Å². The Morgan fingerprint density at radius 1 is 1.10 bits per heavy atom. The van der Waals surface area contributed by atoms with E-state index in [0.717, 1.165) is 42.9 Å². The van der Waals surface area contributed by atoms with Crippen LogP contribution in [-0.4, -0.2) is 9.67 Å². The lowest BCUT2D eigenvalue weighted by Gasteiger charge is -2.07. The lowest BCUT2D eigenvalue weighted by Crippen LogP contribution is -1.99. The predicted octanol–water partition coefficient (Wildman–Crippen LogP) is 3.57. The highest BCUT2D eigenvalue weighted by Gasteiger charge is 2.18. The van der Waals surface area contributed by atoms with Crippen LogP contribution in [0.25, 0.3) is 0 Å². The van der Waals surface area contributed by atoms with Crippen molar-refractivity contribution in [3.8, 4) is 0 Å². The number of fused-ring (bicyclic) bond motifs is 1. The molecule has 0 bridgehead atoms. The molecule has 1 aliphatic rings. The number of aliphatic hydroxyl groups excluding tert-OH is 1. The summed E-state index contributed by atoms with van der Waals surface area (Å²) in [6, 6.07) is 3.55. The van der Waals surface area contributed by atoms with Crippen LogP contribution in [0.4, 0.5) is 8.78 Å². The van der Waals surface area contributed by atoms with Crippen molar-refractivity contribution in [2.45, 2.75) is 38.3 Å². The molecule has 4 heteroatoms. The molecule has 20 heavy (non-hydrogen) atoms. The van der Waals surface area contributed by atoms with E-state index in [1.54, 1.807) is 0 Å². The first-order valence-corrected chi connectivity index (χ1v) is 6.93. The van der Waals surface area contributed by atoms with Crippen molar-refractivity contribution < 1.29 is 13.9 Å². The summed E-state index contributed by atoms with van der Waals surface area (Å²) in [7, 11) is 0. The van der Waals surface area contributed by atoms with Gasteiger partial charge in [0.15, 0.2) is 0 Å². The molecular formula is C16H17F2NO. The van der Waals surface area contributed by atoms with E-state index < -0.39 is 17.7 Å². The summed E-state index contributed by atoms with van der Waals surface area (Å²) in [5.74, 6) is -1.12. The number of halogens is 2. The predicted molar refractivity (Wildman–Crippen MR) is 72.4 cm³/mol. The van der Waals surface area contributed by atoms with Gasteiger partial charge in [0, 0.05) is 30.6 Å². The van der Waals surface area contributed by atoms with Crippen molar-refractivity contribution in [1.29, 1.82) is 0 Å². The van der Waals surface area contributed by atoms with Crippen LogP contribution in [0, 0.1) is 11.6 Å². The third-order valence-corrected chi connectivity index (χ3v) is 3.82. The van der Waals surface area contributed by atoms with E-state index in [4.69, 9.17) is 0 Å². The number of benzene rings is 1. The molecule has 0 spiro atoms. The Kier molecular flexibility index (Phi) is 3.57. The number of hydrogen-bond acceptors (Lipinski definition) is 1. The molecule has 0 radical (unpaired) electrons. The van der Waals surface area contributed by atoms with Crippen LogP contribution < -0.4 is 0 Å². The van der Waals surface area contributed by atoms with Crippen LogP contribution in [0.1, 0.15) is 42.1 Å². The summed E-state index contributed by atoms with van der Waals surface area (Å²) in [6.07, 6.45) is 7.30. The summed E-state index contributed by atoms with van der Waals surface area (Å²) >= 11 is 0. The third-order valence-electron chi connectivity index (χ3n) is 3.82. The van der Waals surface area contributed by atoms with E-state index in [-0.39, 0.29) is 0 Å². The fourth-order valence-corrected chi connectivity index (χ4v) is 2.90. The fraction of sp³-hybridized carbons (Fsp3) is 0.375. The minimum absolute atomic E-state index is 0.411. The zero-order chi connectivity index (χ0) is 14.1. The second-order valence-corrected chi connectivity index (χ2v) is 5.45. The molecule has 2 nitrogen and oxygen atoms in total. The first-order valence-electron chi connectivity index (χ1n) is 6.93. The Morgan fingerprint density at radius 2 is 1.85 bits per heavy atom. The van der Waals surface area contributed by atoms with Crippen LogP contribution in [0.3, 0.4) is 0 Å². The van der Waals surface area contributed by atoms with Crippen LogP contribution in [0.5, 0.6) is 0 Å². The molecule has 106 valence electrons. The van der Waals surface area contributed by atoms with Gasteiger partial charge < -0.3 is 9.67 Å². The SMILES string of the molecule is OC1CCCCc2cn(Cc3cc(F)cc(F)c3)cc21. The number of nitrogens with zero attached hydrogens (tertiary/aromatic N) is 1. The molecule has 0 aliphatic heterocycles. The highest BCUT2D eigenvalue weighted by molar-refractivity contribution is 5.29. The van der Waals surface area contributed by atoms with Gasteiger partial charge in [-0.3, -0.25) is 0 Å². The maximum Gasteiger partial charge on any atom is 0.126 e. The van der Waals surface area contributed by atoms with E-state index in [9.17, 15) is 13.9 Å². The molecule has 0 saturated carbocycles. The van der Waals surface area contributed by atoms with Crippen molar-refractivity contribution in [1.82, 2.24) is 4.57 Å². The van der Waals surface area contributed by atoms with Gasteiger partial charge in [-0.05, 0) is 42.5 Å². The quantitative estimate of drug-likeness (QED) is 0.834. The van der Waals surface area contributed by atoms with Crippen LogP contribution in [-0.2, 0) is 13.0 Å². The summed E-state index contributed by atoms with van der Waals surface area (Å²) in [6.45, 7) is 0.411. The second kappa shape index (κ2) is 5.37. The van der Waals surface area contributed by atoms with Gasteiger partial charge in [0.05, 0.1) is 6.10 Å². The van der Waals surface area contributed by atoms with Gasteiger partial charge in [0.25, 0.3) is 0 Å². The van der Waals surface area contributed by atoms with Gasteiger partial charge in [-0.1, -0.05) is 6.42 Å². The zero-order valence-electron chi connectivity index (χ0n) is 11.1. The van der Waals surface area contributed by atoms with Crippen molar-refractivity contribution >= 4 is 0 Å². The van der Waals surface area contributed by atoms with Crippen LogP contribution in [0.15, 0.2) is 30.6 Å². The lowest BCUT2D eigenvalue weighted by atomic mass is 10.1. The standard InChI is InChI=1S/C16H17F2NO/c17-13-5-11(6-14(18)7-13)8-19-9-12-3-1-2-4-16(20)15(12)10-19/h5-7,9-10,16,20H,1-4,8H2. The summed E-state index contributed by atoms with van der Waals surface area (Å²) in [5.41, 5.74) is 2.69. The van der Waals surface area contributed by atoms with E-state index >= 15 is 0 Å². The Bertz CT molecular complexity index is 601. The van der Waals surface area contributed by atoms with E-state index in [2.05, 4.69) is 0 Å². The van der Waals surface area contributed by atoms with Crippen LogP contribution in [0.2, 0.25) is 0 Å². The van der Waals surface area contributed by atoms with Gasteiger partial charge in [-0.15, -0.1) is 0 Å². The van der Waals surface area contributed by atoms with Crippen LogP contribution >= 0.6 is 0 Å². The fourth-order valence-electron chi connectivity index (χ4n) is 2.90. The minimum atomic E-state index is -0.561. The minimum Gasteiger partial charge on any atom is -0.388 e. The average molecular weight is 277 g/mol. The largest absolute Gasteiger partial charge is 0.388 e. The molecule has 1 N–H and O–H groups in total. The van der Waals surface area contributed by atoms with Crippen molar-refractivity contribution in [3.05, 3.63) is 58.9 Å². The van der Waals surface area contributed by atoms with Gasteiger partial charge in [-0.25, -0.2) is 8.78 Å². The number of hydrogen-bond donors (Lipinski definition) is 1. The Labute approximate surface area is 116 Å². The van der Waals surface area contributed by atoms with Crippen molar-refractivity contribution in [2.75, 3.05) is 0 Å². The molecular weight excluding hydrogens is 260 g/mol. The molecule has 0 saturated heterocycles. The Hall–Kier alpha value is -1.68. The molecule has 0 amide bonds. The number of aliphatic hydroxyl groups is 1. The number of rotatable bonds is 2. The molecule has 1 aromatic carbocycles. The summed E-state index contributed by atoms with van der Waals surface area (Å²) < 4.78 is 28.3. The van der Waals surface area contributed by atoms with Gasteiger partial charge in [0.2, 0.25) is 0 Å². The maximum atomic E-state index is 13.2. The summed E-state index contributed by atoms with van der Waals surface area (Å²) in [4.78, 5) is 0. The smallest absolute Gasteiger partial charge is 0.126 e. The Morgan fingerprint density at radius 3 is 2.60 bits per heavy atom. The van der Waals surface area contributed by atoms with Gasteiger partial charge in [-0.2, -0.15) is 0 Å². The molecule has 3 rings (SSSR count). The van der Waals surface area contributed by atoms with Crippen molar-refractivity contribution in [3.63, 3.8) is 0 Å². The first kappa shape index (κ1) is 13.3. The summed E-state index contributed by atoms with van der Waals surface area (Å²) in [5, 5.41) is 10.1. The second-order valence-electron chi connectivity index (χ2n) is 5.45. The van der Waals surface area contributed by atoms with E-state index in [1.165, 1.54) is 12.1 Å². The molecule has 1 aliphatic carbocycles. The molecule has 0 fully saturated rings. The average Bonchev–Trinajstić information content (AvgIpc) is 2.68. The normalized spacial score (nSPS) is 18.6. The third kappa shape index (κ3) is 2.75. The van der Waals surface area contributed by atoms with Gasteiger partial charge in [0.1, 0.15) is 11.6 Å². The lowest BCUT2D eigenvalue weighted by molar-refractivity contribution is 0.166. The number of aromatic nitrogens is 1. The highest BCUT2D eigenvalue weighted by Crippen LogP contribution is 2.29. The maximum absolute atomic E-state index is 13.2. The van der Waals surface area contributed by atoms with E-state index in [0.29, 0.717) is 12.1 Å². The Balaban J connectivity index is 1.86. The van der Waals surface area contributed by atoms with E-state index in [1.807, 2.05) is 17.0 Å². The zero-order valence-corrected chi connectivity index (χ0v) is 11.1.